The minimum absolute atomic E-state index is 1.03. The summed E-state index contributed by atoms with van der Waals surface area (Å²) in [6.45, 7) is 12.0. The van der Waals surface area contributed by atoms with E-state index in [0.29, 0.717) is 0 Å². The molecule has 0 fully saturated rings. The molecule has 0 spiro atoms. The van der Waals surface area contributed by atoms with Crippen molar-refractivity contribution in [1.82, 2.24) is 5.32 Å². The quantitative estimate of drug-likeness (QED) is 0.501. The van der Waals surface area contributed by atoms with Crippen molar-refractivity contribution in [2.75, 3.05) is 13.6 Å². The third-order valence-electron chi connectivity index (χ3n) is 1.30. The predicted octanol–water partition coefficient (Wildman–Crippen LogP) is 2.92. The van der Waals surface area contributed by atoms with E-state index in [-0.39, 0.29) is 0 Å². The van der Waals surface area contributed by atoms with Crippen LogP contribution in [0.25, 0.3) is 0 Å². The molecule has 1 nitrogen and oxygen atoms in total. The number of nitrogens with one attached hydrogen (secondary N) is 1. The zero-order valence-corrected chi connectivity index (χ0v) is 8.56. The number of rotatable bonds is 4. The van der Waals surface area contributed by atoms with Crippen LogP contribution in [0.15, 0.2) is 37.0 Å². The summed E-state index contributed by atoms with van der Waals surface area (Å²) in [4.78, 5) is 0. The van der Waals surface area contributed by atoms with Crippen molar-refractivity contribution < 1.29 is 0 Å². The summed E-state index contributed by atoms with van der Waals surface area (Å²) in [6.07, 6.45) is 6.82. The van der Waals surface area contributed by atoms with Crippen LogP contribution in [0.3, 0.4) is 0 Å². The van der Waals surface area contributed by atoms with Gasteiger partial charge in [-0.1, -0.05) is 30.4 Å². The van der Waals surface area contributed by atoms with Gasteiger partial charge in [0.2, 0.25) is 0 Å². The van der Waals surface area contributed by atoms with Gasteiger partial charge in [-0.05, 0) is 33.9 Å². The number of allylic oxidation sites excluding steroid dienone is 3. The van der Waals surface area contributed by atoms with Crippen LogP contribution < -0.4 is 5.32 Å². The smallest absolute Gasteiger partial charge is 0.00115 e. The molecule has 70 valence electrons. The molecule has 1 heteroatoms. The van der Waals surface area contributed by atoms with E-state index in [2.05, 4.69) is 24.6 Å². The van der Waals surface area contributed by atoms with Gasteiger partial charge in [0, 0.05) is 0 Å². The summed E-state index contributed by atoms with van der Waals surface area (Å²) in [5, 5.41) is 3.08. The van der Waals surface area contributed by atoms with E-state index in [4.69, 9.17) is 0 Å². The Morgan fingerprint density at radius 2 is 1.83 bits per heavy atom. The fourth-order valence-corrected chi connectivity index (χ4v) is 0.634. The van der Waals surface area contributed by atoms with Crippen molar-refractivity contribution in [3.8, 4) is 0 Å². The summed E-state index contributed by atoms with van der Waals surface area (Å²) < 4.78 is 0. The second-order valence-electron chi connectivity index (χ2n) is 2.33. The Morgan fingerprint density at radius 1 is 1.33 bits per heavy atom. The molecule has 0 aromatic carbocycles. The standard InChI is InChI=1S/C8H15N.C3H6/c1-4-8(5-2)6-7-9-3;1-3-2/h4-5,9H,1,6-7H2,2-3H3;3H,1H2,2H3/b8-5+;. The van der Waals surface area contributed by atoms with Gasteiger partial charge in [-0.15, -0.1) is 6.58 Å². The Kier molecular flexibility index (Phi) is 14.7. The summed E-state index contributed by atoms with van der Waals surface area (Å²) in [6, 6.07) is 0. The lowest BCUT2D eigenvalue weighted by molar-refractivity contribution is 0.793. The van der Waals surface area contributed by atoms with E-state index in [1.165, 1.54) is 5.57 Å². The molecule has 0 aliphatic rings. The van der Waals surface area contributed by atoms with E-state index in [9.17, 15) is 0 Å². The van der Waals surface area contributed by atoms with Crippen LogP contribution >= 0.6 is 0 Å². The van der Waals surface area contributed by atoms with E-state index < -0.39 is 0 Å². The third kappa shape index (κ3) is 11.9. The van der Waals surface area contributed by atoms with Gasteiger partial charge in [-0.3, -0.25) is 0 Å². The molecule has 0 atom stereocenters. The first kappa shape index (κ1) is 13.7. The minimum atomic E-state index is 1.03. The Morgan fingerprint density at radius 3 is 2.08 bits per heavy atom. The van der Waals surface area contributed by atoms with Crippen LogP contribution in [-0.4, -0.2) is 13.6 Å². The van der Waals surface area contributed by atoms with Crippen molar-refractivity contribution in [2.24, 2.45) is 0 Å². The normalized spacial score (nSPS) is 9.75. The van der Waals surface area contributed by atoms with Crippen LogP contribution in [-0.2, 0) is 0 Å². The van der Waals surface area contributed by atoms with Gasteiger partial charge in [-0.2, -0.15) is 0 Å². The fraction of sp³-hybridized carbons (Fsp3) is 0.455. The molecule has 0 unspecified atom stereocenters. The Hall–Kier alpha value is -0.820. The highest BCUT2D eigenvalue weighted by molar-refractivity contribution is 5.14. The lowest BCUT2D eigenvalue weighted by Gasteiger charge is -1.97. The highest BCUT2D eigenvalue weighted by atomic mass is 14.8. The highest BCUT2D eigenvalue weighted by Gasteiger charge is 1.85. The van der Waals surface area contributed by atoms with Gasteiger partial charge in [0.1, 0.15) is 0 Å². The van der Waals surface area contributed by atoms with Crippen LogP contribution in [0.5, 0.6) is 0 Å². The molecule has 0 aliphatic heterocycles. The third-order valence-corrected chi connectivity index (χ3v) is 1.30. The van der Waals surface area contributed by atoms with Crippen LogP contribution in [0.1, 0.15) is 20.3 Å². The summed E-state index contributed by atoms with van der Waals surface area (Å²) in [7, 11) is 1.95. The van der Waals surface area contributed by atoms with Crippen molar-refractivity contribution >= 4 is 0 Å². The molecule has 0 saturated carbocycles. The van der Waals surface area contributed by atoms with Crippen molar-refractivity contribution in [3.05, 3.63) is 37.0 Å². The van der Waals surface area contributed by atoms with Gasteiger partial charge < -0.3 is 5.32 Å². The van der Waals surface area contributed by atoms with E-state index in [1.54, 1.807) is 6.08 Å². The Bertz CT molecular complexity index is 134. The molecule has 1 N–H and O–H groups in total. The highest BCUT2D eigenvalue weighted by Crippen LogP contribution is 1.99. The topological polar surface area (TPSA) is 12.0 Å². The average Bonchev–Trinajstić information content (AvgIpc) is 2.08. The first-order valence-corrected chi connectivity index (χ1v) is 4.26. The van der Waals surface area contributed by atoms with Gasteiger partial charge in [0.25, 0.3) is 0 Å². The number of hydrogen-bond acceptors (Lipinski definition) is 1. The largest absolute Gasteiger partial charge is 0.319 e. The van der Waals surface area contributed by atoms with Crippen molar-refractivity contribution in [2.45, 2.75) is 20.3 Å². The zero-order chi connectivity index (χ0) is 9.82. The van der Waals surface area contributed by atoms with Crippen LogP contribution in [0, 0.1) is 0 Å². The van der Waals surface area contributed by atoms with Crippen molar-refractivity contribution in [3.63, 3.8) is 0 Å². The molecule has 12 heavy (non-hydrogen) atoms. The number of hydrogen-bond donors (Lipinski definition) is 1. The minimum Gasteiger partial charge on any atom is -0.319 e. The lowest BCUT2D eigenvalue weighted by Crippen LogP contribution is -2.07. The lowest BCUT2D eigenvalue weighted by atomic mass is 10.2. The van der Waals surface area contributed by atoms with Crippen LogP contribution in [0.4, 0.5) is 0 Å². The van der Waals surface area contributed by atoms with Gasteiger partial charge in [0.15, 0.2) is 0 Å². The monoisotopic (exact) mass is 167 g/mol. The summed E-state index contributed by atoms with van der Waals surface area (Å²) >= 11 is 0. The Labute approximate surface area is 76.9 Å². The first-order chi connectivity index (χ1) is 5.76. The molecule has 0 saturated heterocycles. The maximum atomic E-state index is 3.69. The Balaban J connectivity index is 0. The summed E-state index contributed by atoms with van der Waals surface area (Å²) in [5.74, 6) is 0. The summed E-state index contributed by atoms with van der Waals surface area (Å²) in [5.41, 5.74) is 1.31. The maximum absolute atomic E-state index is 3.69. The van der Waals surface area contributed by atoms with E-state index in [1.807, 2.05) is 27.0 Å². The molecule has 0 heterocycles. The molecular formula is C11H21N. The molecule has 0 aromatic heterocycles. The molecule has 0 amide bonds. The average molecular weight is 167 g/mol. The van der Waals surface area contributed by atoms with Gasteiger partial charge in [0.05, 0.1) is 0 Å². The fourth-order valence-electron chi connectivity index (χ4n) is 0.634. The molecule has 0 bridgehead atoms. The molecular weight excluding hydrogens is 146 g/mol. The SMILES string of the molecule is C=C/C(=C\C)CCNC.C=CC. The molecule has 0 radical (unpaired) electrons. The maximum Gasteiger partial charge on any atom is -0.00115 e. The van der Waals surface area contributed by atoms with E-state index >= 15 is 0 Å². The van der Waals surface area contributed by atoms with Gasteiger partial charge in [-0.25, -0.2) is 0 Å². The molecule has 0 aromatic rings. The van der Waals surface area contributed by atoms with E-state index in [0.717, 1.165) is 13.0 Å². The zero-order valence-electron chi connectivity index (χ0n) is 8.56. The first-order valence-electron chi connectivity index (χ1n) is 4.26. The van der Waals surface area contributed by atoms with Gasteiger partial charge >= 0.3 is 0 Å². The predicted molar refractivity (Wildman–Crippen MR) is 58.4 cm³/mol. The molecule has 0 aliphatic carbocycles. The van der Waals surface area contributed by atoms with Crippen LogP contribution in [0.2, 0.25) is 0 Å². The van der Waals surface area contributed by atoms with Crippen molar-refractivity contribution in [1.29, 1.82) is 0 Å². The second-order valence-corrected chi connectivity index (χ2v) is 2.33. The molecule has 0 rings (SSSR count). The second kappa shape index (κ2) is 12.8.